The van der Waals surface area contributed by atoms with E-state index in [0.29, 0.717) is 28.2 Å². The normalized spacial score (nSPS) is 12.7. The summed E-state index contributed by atoms with van der Waals surface area (Å²) in [6.07, 6.45) is 1.37. The smallest absolute Gasteiger partial charge is 0.387 e. The fourth-order valence-electron chi connectivity index (χ4n) is 2.72. The minimum absolute atomic E-state index is 0.00805. The van der Waals surface area contributed by atoms with Crippen molar-refractivity contribution in [2.24, 2.45) is 0 Å². The number of aromatic nitrogens is 3. The zero-order chi connectivity index (χ0) is 21.8. The fraction of sp³-hybridized carbons (Fsp3) is 0.400. The first kappa shape index (κ1) is 21.9. The van der Waals surface area contributed by atoms with Gasteiger partial charge in [0, 0.05) is 18.3 Å². The van der Waals surface area contributed by atoms with Gasteiger partial charge in [-0.05, 0) is 39.8 Å². The van der Waals surface area contributed by atoms with Crippen LogP contribution in [0.2, 0.25) is 0 Å². The monoisotopic (exact) mass is 439 g/mol. The van der Waals surface area contributed by atoms with Crippen molar-refractivity contribution >= 4 is 21.8 Å². The standard InChI is InChI=1S/C20H23F2N3O4S/c1-11(2)27-17-7-8-23-16(18(17)28-12(3)4)10-30(26)20-24-14-6-5-13(29-19(21)22)9-15(14)25-20/h5-9,11-12,19H,10H2,1-4H3,(H,24,25). The van der Waals surface area contributed by atoms with E-state index in [1.807, 2.05) is 27.7 Å². The summed E-state index contributed by atoms with van der Waals surface area (Å²) in [5, 5.41) is 0.201. The van der Waals surface area contributed by atoms with Gasteiger partial charge in [0.1, 0.15) is 5.75 Å². The van der Waals surface area contributed by atoms with Crippen molar-refractivity contribution in [3.05, 3.63) is 36.2 Å². The number of H-pyrrole nitrogens is 1. The zero-order valence-electron chi connectivity index (χ0n) is 17.0. The van der Waals surface area contributed by atoms with Gasteiger partial charge in [-0.15, -0.1) is 0 Å². The number of fused-ring (bicyclic) bond motifs is 1. The lowest BCUT2D eigenvalue weighted by molar-refractivity contribution is -0.0497. The number of pyridine rings is 1. The molecule has 0 fully saturated rings. The molecule has 1 N–H and O–H groups in total. The molecule has 0 bridgehead atoms. The quantitative estimate of drug-likeness (QED) is 0.530. The Bertz CT molecular complexity index is 1040. The first-order valence-corrected chi connectivity index (χ1v) is 10.7. The second-order valence-electron chi connectivity index (χ2n) is 7.01. The van der Waals surface area contributed by atoms with E-state index in [4.69, 9.17) is 9.47 Å². The number of hydrogen-bond donors (Lipinski definition) is 1. The number of ether oxygens (including phenoxy) is 3. The molecule has 1 unspecified atom stereocenters. The van der Waals surface area contributed by atoms with Crippen molar-refractivity contribution < 1.29 is 27.2 Å². The third-order valence-corrected chi connectivity index (χ3v) is 4.96. The molecule has 0 aliphatic heterocycles. The molecule has 0 saturated heterocycles. The Morgan fingerprint density at radius 3 is 2.47 bits per heavy atom. The van der Waals surface area contributed by atoms with Gasteiger partial charge < -0.3 is 19.2 Å². The highest BCUT2D eigenvalue weighted by Gasteiger charge is 2.20. The van der Waals surface area contributed by atoms with Crippen LogP contribution in [0.3, 0.4) is 0 Å². The second kappa shape index (κ2) is 9.38. The number of halogens is 2. The molecule has 2 heterocycles. The van der Waals surface area contributed by atoms with Gasteiger partial charge in [-0.3, -0.25) is 9.19 Å². The second-order valence-corrected chi connectivity index (χ2v) is 8.37. The topological polar surface area (TPSA) is 86.3 Å². The van der Waals surface area contributed by atoms with Gasteiger partial charge >= 0.3 is 6.61 Å². The van der Waals surface area contributed by atoms with E-state index < -0.39 is 17.4 Å². The number of alkyl halides is 2. The van der Waals surface area contributed by atoms with Gasteiger partial charge in [-0.2, -0.15) is 8.78 Å². The lowest BCUT2D eigenvalue weighted by Crippen LogP contribution is -2.14. The Morgan fingerprint density at radius 2 is 1.80 bits per heavy atom. The Balaban J connectivity index is 1.88. The zero-order valence-corrected chi connectivity index (χ0v) is 17.8. The van der Waals surface area contributed by atoms with Crippen molar-refractivity contribution in [3.63, 3.8) is 0 Å². The van der Waals surface area contributed by atoms with E-state index in [9.17, 15) is 13.0 Å². The van der Waals surface area contributed by atoms with Crippen LogP contribution >= 0.6 is 0 Å². The van der Waals surface area contributed by atoms with Crippen LogP contribution in [-0.4, -0.2) is 38.0 Å². The van der Waals surface area contributed by atoms with Crippen molar-refractivity contribution in [2.45, 2.75) is 57.4 Å². The van der Waals surface area contributed by atoms with Crippen LogP contribution in [0.25, 0.3) is 11.0 Å². The molecule has 162 valence electrons. The number of nitrogens with one attached hydrogen (secondary N) is 1. The van der Waals surface area contributed by atoms with Gasteiger partial charge in [0.05, 0.1) is 45.5 Å². The third kappa shape index (κ3) is 5.44. The molecular weight excluding hydrogens is 416 g/mol. The number of nitrogens with zero attached hydrogens (tertiary/aromatic N) is 2. The molecule has 2 aromatic heterocycles. The van der Waals surface area contributed by atoms with Crippen LogP contribution in [0.4, 0.5) is 8.78 Å². The minimum atomic E-state index is -2.93. The predicted molar refractivity (Wildman–Crippen MR) is 109 cm³/mol. The summed E-state index contributed by atoms with van der Waals surface area (Å²) < 4.78 is 53.8. The largest absolute Gasteiger partial charge is 0.487 e. The van der Waals surface area contributed by atoms with Gasteiger partial charge in [0.2, 0.25) is 0 Å². The summed E-state index contributed by atoms with van der Waals surface area (Å²) >= 11 is 0. The molecular formula is C20H23F2N3O4S. The highest BCUT2D eigenvalue weighted by molar-refractivity contribution is 7.84. The summed E-state index contributed by atoms with van der Waals surface area (Å²) in [5.41, 5.74) is 1.41. The van der Waals surface area contributed by atoms with Crippen LogP contribution in [-0.2, 0) is 16.6 Å². The fourth-order valence-corrected chi connectivity index (χ4v) is 3.74. The number of benzene rings is 1. The molecule has 3 rings (SSSR count). The van der Waals surface area contributed by atoms with Gasteiger partial charge in [0.25, 0.3) is 0 Å². The van der Waals surface area contributed by atoms with Crippen LogP contribution in [0.1, 0.15) is 33.4 Å². The average Bonchev–Trinajstić information content (AvgIpc) is 3.06. The highest BCUT2D eigenvalue weighted by Crippen LogP contribution is 2.33. The van der Waals surface area contributed by atoms with Crippen molar-refractivity contribution in [1.29, 1.82) is 0 Å². The number of hydrogen-bond acceptors (Lipinski definition) is 6. The van der Waals surface area contributed by atoms with Crippen molar-refractivity contribution in [1.82, 2.24) is 15.0 Å². The molecule has 7 nitrogen and oxygen atoms in total. The average molecular weight is 439 g/mol. The molecule has 10 heteroatoms. The van der Waals surface area contributed by atoms with E-state index in [2.05, 4.69) is 19.7 Å². The Morgan fingerprint density at radius 1 is 1.07 bits per heavy atom. The Kier molecular flexibility index (Phi) is 6.86. The first-order valence-electron chi connectivity index (χ1n) is 9.37. The number of rotatable bonds is 9. The van der Waals surface area contributed by atoms with Crippen LogP contribution < -0.4 is 14.2 Å². The maximum atomic E-state index is 12.9. The van der Waals surface area contributed by atoms with E-state index >= 15 is 0 Å². The van der Waals surface area contributed by atoms with E-state index in [1.165, 1.54) is 18.2 Å². The van der Waals surface area contributed by atoms with Gasteiger partial charge in [-0.25, -0.2) is 4.98 Å². The molecule has 0 spiro atoms. The molecule has 0 saturated carbocycles. The van der Waals surface area contributed by atoms with Crippen molar-refractivity contribution in [3.8, 4) is 17.2 Å². The first-order chi connectivity index (χ1) is 14.2. The van der Waals surface area contributed by atoms with Crippen LogP contribution in [0, 0.1) is 0 Å². The molecule has 1 atom stereocenters. The van der Waals surface area contributed by atoms with Crippen LogP contribution in [0.5, 0.6) is 17.2 Å². The van der Waals surface area contributed by atoms with Crippen molar-refractivity contribution in [2.75, 3.05) is 0 Å². The van der Waals surface area contributed by atoms with E-state index in [-0.39, 0.29) is 28.9 Å². The third-order valence-electron chi connectivity index (χ3n) is 3.80. The summed E-state index contributed by atoms with van der Waals surface area (Å²) in [6, 6.07) is 5.99. The lowest BCUT2D eigenvalue weighted by Gasteiger charge is -2.19. The minimum Gasteiger partial charge on any atom is -0.487 e. The molecule has 1 aromatic carbocycles. The number of aromatic amines is 1. The van der Waals surface area contributed by atoms with E-state index in [1.54, 1.807) is 12.3 Å². The highest BCUT2D eigenvalue weighted by atomic mass is 32.2. The summed E-state index contributed by atoms with van der Waals surface area (Å²) in [4.78, 5) is 11.5. The van der Waals surface area contributed by atoms with E-state index in [0.717, 1.165) is 0 Å². The lowest BCUT2D eigenvalue weighted by atomic mass is 10.3. The maximum absolute atomic E-state index is 12.9. The Hall–Kier alpha value is -2.75. The SMILES string of the molecule is CC(C)Oc1ccnc(CS(=O)c2nc3ccc(OC(F)F)cc3[nH]2)c1OC(C)C. The summed E-state index contributed by atoms with van der Waals surface area (Å²) in [6.45, 7) is 4.64. The number of imidazole rings is 1. The molecule has 0 amide bonds. The predicted octanol–water partition coefficient (Wildman–Crippen LogP) is 4.44. The summed E-state index contributed by atoms with van der Waals surface area (Å²) in [7, 11) is -1.58. The molecule has 30 heavy (non-hydrogen) atoms. The molecule has 0 aliphatic carbocycles. The van der Waals surface area contributed by atoms with Crippen LogP contribution in [0.15, 0.2) is 35.6 Å². The van der Waals surface area contributed by atoms with Gasteiger partial charge in [0.15, 0.2) is 16.7 Å². The maximum Gasteiger partial charge on any atom is 0.387 e. The molecule has 0 radical (unpaired) electrons. The van der Waals surface area contributed by atoms with Gasteiger partial charge in [-0.1, -0.05) is 0 Å². The molecule has 0 aliphatic rings. The Labute approximate surface area is 175 Å². The molecule has 3 aromatic rings. The summed E-state index contributed by atoms with van der Waals surface area (Å²) in [5.74, 6) is 1.00.